The van der Waals surface area contributed by atoms with E-state index in [1.807, 2.05) is 0 Å². The lowest BCUT2D eigenvalue weighted by Crippen LogP contribution is -2.60. The quantitative estimate of drug-likeness (QED) is 0.216. The summed E-state index contributed by atoms with van der Waals surface area (Å²) in [6.07, 6.45) is -5.98. The van der Waals surface area contributed by atoms with E-state index >= 15 is 0 Å². The second-order valence-electron chi connectivity index (χ2n) is 6.19. The lowest BCUT2D eigenvalue weighted by Gasteiger charge is -2.35. The molecule has 8 nitrogen and oxygen atoms in total. The van der Waals surface area contributed by atoms with Crippen LogP contribution in [0.25, 0.3) is 0 Å². The van der Waals surface area contributed by atoms with Gasteiger partial charge in [0.15, 0.2) is 0 Å². The van der Waals surface area contributed by atoms with Crippen molar-refractivity contribution in [3.8, 4) is 0 Å². The van der Waals surface area contributed by atoms with E-state index in [0.717, 1.165) is 27.7 Å². The summed E-state index contributed by atoms with van der Waals surface area (Å²) < 4.78 is 109. The van der Waals surface area contributed by atoms with Gasteiger partial charge in [0.2, 0.25) is 0 Å². The average Bonchev–Trinajstić information content (AvgIpc) is 2.38. The molecule has 14 heteroatoms. The molecule has 0 amide bonds. The number of halogens is 5. The molecule has 0 heterocycles. The maximum atomic E-state index is 13.5. The van der Waals surface area contributed by atoms with Crippen LogP contribution in [-0.4, -0.2) is 54.3 Å². The highest BCUT2D eigenvalue weighted by Crippen LogP contribution is 2.39. The molecule has 0 rings (SSSR count). The number of hydrogen-bond acceptors (Lipinski definition) is 7. The molecule has 0 aliphatic carbocycles. The number of alkyl halides is 5. The van der Waals surface area contributed by atoms with Crippen molar-refractivity contribution in [1.29, 1.82) is 0 Å². The van der Waals surface area contributed by atoms with E-state index in [1.54, 1.807) is 0 Å². The van der Waals surface area contributed by atoms with Gasteiger partial charge in [-0.25, -0.2) is 9.59 Å². The molecule has 0 aromatic carbocycles. The summed E-state index contributed by atoms with van der Waals surface area (Å²) >= 11 is 0. The molecule has 1 unspecified atom stereocenters. The highest BCUT2D eigenvalue weighted by molar-refractivity contribution is 7.86. The summed E-state index contributed by atoms with van der Waals surface area (Å²) in [6, 6.07) is 0. The Hall–Kier alpha value is -1.80. The number of rotatable bonds is 7. The number of esters is 2. The predicted octanol–water partition coefficient (Wildman–Crippen LogP) is 2.20. The molecule has 0 aliphatic rings. The van der Waals surface area contributed by atoms with Crippen LogP contribution in [0.4, 0.5) is 22.0 Å². The zero-order valence-electron chi connectivity index (χ0n) is 14.5. The highest BCUT2D eigenvalue weighted by Gasteiger charge is 2.69. The highest BCUT2D eigenvalue weighted by atomic mass is 32.2. The first-order chi connectivity index (χ1) is 11.7. The second kappa shape index (κ2) is 7.67. The minimum Gasteiger partial charge on any atom is -0.455 e. The van der Waals surface area contributed by atoms with Crippen LogP contribution in [0.5, 0.6) is 0 Å². The SMILES string of the molecule is C=C(C)C(=O)OC(OCC(F)(F)S(=O)(=O)O)(C(=O)OC(C)(C)C)C(F)(F)F. The van der Waals surface area contributed by atoms with Crippen molar-refractivity contribution in [2.24, 2.45) is 0 Å². The van der Waals surface area contributed by atoms with Gasteiger partial charge in [-0.15, -0.1) is 0 Å². The summed E-state index contributed by atoms with van der Waals surface area (Å²) in [5.41, 5.74) is -2.28. The van der Waals surface area contributed by atoms with Crippen LogP contribution in [0.15, 0.2) is 12.2 Å². The van der Waals surface area contributed by atoms with Gasteiger partial charge in [0.05, 0.1) is 0 Å². The van der Waals surface area contributed by atoms with E-state index in [2.05, 4.69) is 20.8 Å². The summed E-state index contributed by atoms with van der Waals surface area (Å²) in [5.74, 6) is -9.07. The van der Waals surface area contributed by atoms with Crippen molar-refractivity contribution in [3.05, 3.63) is 12.2 Å². The molecule has 0 saturated carbocycles. The number of carbonyl (C=O) groups is 2. The van der Waals surface area contributed by atoms with Gasteiger partial charge in [0.25, 0.3) is 0 Å². The summed E-state index contributed by atoms with van der Waals surface area (Å²) in [5, 5.41) is -5.26. The van der Waals surface area contributed by atoms with Crippen molar-refractivity contribution in [2.45, 2.75) is 50.5 Å². The molecule has 0 radical (unpaired) electrons. The third-order valence-electron chi connectivity index (χ3n) is 2.45. The van der Waals surface area contributed by atoms with Gasteiger partial charge in [-0.2, -0.15) is 30.4 Å². The molecule has 158 valence electrons. The van der Waals surface area contributed by atoms with Gasteiger partial charge >= 0.3 is 39.3 Å². The smallest absolute Gasteiger partial charge is 0.455 e. The molecular weight excluding hydrogens is 411 g/mol. The molecular formula is C13H17F5O8S. The van der Waals surface area contributed by atoms with E-state index < -0.39 is 57.1 Å². The lowest BCUT2D eigenvalue weighted by molar-refractivity contribution is -0.362. The van der Waals surface area contributed by atoms with Crippen molar-refractivity contribution in [1.82, 2.24) is 0 Å². The lowest BCUT2D eigenvalue weighted by atomic mass is 10.1. The Morgan fingerprint density at radius 2 is 1.48 bits per heavy atom. The first kappa shape index (κ1) is 25.2. The van der Waals surface area contributed by atoms with Gasteiger partial charge in [0, 0.05) is 5.57 Å². The first-order valence-electron chi connectivity index (χ1n) is 6.84. The van der Waals surface area contributed by atoms with Crippen LogP contribution in [0, 0.1) is 0 Å². The fraction of sp³-hybridized carbons (Fsp3) is 0.692. The van der Waals surface area contributed by atoms with E-state index in [1.165, 1.54) is 0 Å². The van der Waals surface area contributed by atoms with Crippen LogP contribution >= 0.6 is 0 Å². The van der Waals surface area contributed by atoms with Crippen LogP contribution in [-0.2, 0) is 33.9 Å². The number of ether oxygens (including phenoxy) is 3. The van der Waals surface area contributed by atoms with Gasteiger partial charge in [-0.1, -0.05) is 6.58 Å². The molecule has 1 atom stereocenters. The van der Waals surface area contributed by atoms with Crippen LogP contribution in [0.1, 0.15) is 27.7 Å². The summed E-state index contributed by atoms with van der Waals surface area (Å²) in [6.45, 7) is 4.50. The molecule has 27 heavy (non-hydrogen) atoms. The molecule has 1 N–H and O–H groups in total. The Morgan fingerprint density at radius 3 is 1.78 bits per heavy atom. The molecule has 0 aromatic rings. The third-order valence-corrected chi connectivity index (χ3v) is 3.32. The van der Waals surface area contributed by atoms with E-state index in [4.69, 9.17) is 4.55 Å². The topological polar surface area (TPSA) is 116 Å². The number of hydrogen-bond donors (Lipinski definition) is 1. The van der Waals surface area contributed by atoms with Crippen molar-refractivity contribution in [3.63, 3.8) is 0 Å². The largest absolute Gasteiger partial charge is 0.468 e. The molecule has 0 aliphatic heterocycles. The van der Waals surface area contributed by atoms with E-state index in [-0.39, 0.29) is 0 Å². The van der Waals surface area contributed by atoms with Gasteiger partial charge < -0.3 is 14.2 Å². The maximum Gasteiger partial charge on any atom is 0.468 e. The van der Waals surface area contributed by atoms with E-state index in [9.17, 15) is 40.0 Å². The second-order valence-corrected chi connectivity index (χ2v) is 7.73. The monoisotopic (exact) mass is 428 g/mol. The standard InChI is InChI=1S/C13H17F5O8S/c1-7(2)8(19)25-12(13(16,17)18,9(20)26-10(3,4)5)24-6-11(14,15)27(21,22)23/h1,6H2,2-5H3,(H,21,22,23). The van der Waals surface area contributed by atoms with Crippen molar-refractivity contribution in [2.75, 3.05) is 6.61 Å². The Labute approximate surface area is 151 Å². The molecule has 0 aromatic heterocycles. The van der Waals surface area contributed by atoms with Crippen LogP contribution < -0.4 is 0 Å². The van der Waals surface area contributed by atoms with E-state index in [0.29, 0.717) is 0 Å². The fourth-order valence-electron chi connectivity index (χ4n) is 1.21. The van der Waals surface area contributed by atoms with Gasteiger partial charge in [0.1, 0.15) is 12.2 Å². The Kier molecular flexibility index (Phi) is 7.16. The Balaban J connectivity index is 6.27. The fourth-order valence-corrected chi connectivity index (χ4v) is 1.42. The van der Waals surface area contributed by atoms with Crippen LogP contribution in [0.2, 0.25) is 0 Å². The molecule has 0 saturated heterocycles. The number of carbonyl (C=O) groups excluding carboxylic acids is 2. The summed E-state index contributed by atoms with van der Waals surface area (Å²) in [4.78, 5) is 23.6. The molecule has 0 fully saturated rings. The van der Waals surface area contributed by atoms with Gasteiger partial charge in [-0.05, 0) is 27.7 Å². The Bertz CT molecular complexity index is 707. The molecule has 0 bridgehead atoms. The minimum atomic E-state index is -6.21. The van der Waals surface area contributed by atoms with Crippen molar-refractivity contribution < 1.29 is 58.7 Å². The third kappa shape index (κ3) is 6.39. The predicted molar refractivity (Wildman–Crippen MR) is 78.0 cm³/mol. The van der Waals surface area contributed by atoms with Crippen LogP contribution in [0.3, 0.4) is 0 Å². The normalized spacial score (nSPS) is 15.6. The zero-order valence-corrected chi connectivity index (χ0v) is 15.3. The molecule has 0 spiro atoms. The first-order valence-corrected chi connectivity index (χ1v) is 8.28. The van der Waals surface area contributed by atoms with Crippen molar-refractivity contribution >= 4 is 22.1 Å². The Morgan fingerprint density at radius 1 is 1.04 bits per heavy atom. The minimum absolute atomic E-state index is 0.669. The zero-order chi connectivity index (χ0) is 22.1. The maximum absolute atomic E-state index is 13.5. The van der Waals surface area contributed by atoms with Gasteiger partial charge in [-0.3, -0.25) is 4.55 Å². The summed E-state index contributed by atoms with van der Waals surface area (Å²) in [7, 11) is -6.21. The average molecular weight is 428 g/mol.